The van der Waals surface area contributed by atoms with E-state index in [2.05, 4.69) is 20.0 Å². The number of aromatic nitrogens is 4. The predicted molar refractivity (Wildman–Crippen MR) is 158 cm³/mol. The number of hydrogen-bond acceptors (Lipinski definition) is 11. The number of esters is 1. The lowest BCUT2D eigenvalue weighted by atomic mass is 9.97. The van der Waals surface area contributed by atoms with Gasteiger partial charge in [0.2, 0.25) is 0 Å². The molecular weight excluding hydrogens is 624 g/mol. The number of anilines is 1. The molecule has 0 saturated carbocycles. The van der Waals surface area contributed by atoms with Crippen LogP contribution in [0, 0.1) is 0 Å². The molecule has 17 heteroatoms. The van der Waals surface area contributed by atoms with Gasteiger partial charge in [0.05, 0.1) is 19.0 Å². The number of benzene rings is 2. The Hall–Kier alpha value is -3.40. The Balaban J connectivity index is 1.45. The fraction of sp³-hybridized carbons (Fsp3) is 0.407. The molecule has 0 radical (unpaired) electrons. The van der Waals surface area contributed by atoms with Crippen LogP contribution in [0.5, 0.6) is 5.75 Å². The van der Waals surface area contributed by atoms with Gasteiger partial charge in [0.1, 0.15) is 29.7 Å². The molecule has 0 amide bonds. The van der Waals surface area contributed by atoms with E-state index in [0.717, 1.165) is 28.0 Å². The van der Waals surface area contributed by atoms with Crippen LogP contribution in [0.15, 0.2) is 55.1 Å². The minimum atomic E-state index is -3.90. The molecule has 6 unspecified atom stereocenters. The van der Waals surface area contributed by atoms with Crippen LogP contribution < -0.4 is 15.3 Å². The molecule has 5 rings (SSSR count). The largest absolute Gasteiger partial charge is 0.462 e. The van der Waals surface area contributed by atoms with Gasteiger partial charge in [-0.3, -0.25) is 9.36 Å². The number of aliphatic hydroxyl groups is 1. The van der Waals surface area contributed by atoms with Crippen molar-refractivity contribution in [2.24, 2.45) is 0 Å². The summed E-state index contributed by atoms with van der Waals surface area (Å²) >= 11 is 5.67. The molecule has 1 fully saturated rings. The minimum Gasteiger partial charge on any atom is -0.462 e. The summed E-state index contributed by atoms with van der Waals surface area (Å²) < 4.78 is 68.7. The van der Waals surface area contributed by atoms with E-state index in [9.17, 15) is 18.7 Å². The van der Waals surface area contributed by atoms with E-state index in [4.69, 9.17) is 36.1 Å². The van der Waals surface area contributed by atoms with Crippen LogP contribution in [0.4, 0.5) is 19.0 Å². The second-order valence-corrected chi connectivity index (χ2v) is 13.6. The van der Waals surface area contributed by atoms with Gasteiger partial charge in [0.15, 0.2) is 29.5 Å². The van der Waals surface area contributed by atoms with Gasteiger partial charge in [-0.25, -0.2) is 33.2 Å². The molecule has 2 aromatic carbocycles. The number of rotatable bonds is 11. The van der Waals surface area contributed by atoms with Gasteiger partial charge in [0, 0.05) is 0 Å². The molecule has 2 aromatic heterocycles. The van der Waals surface area contributed by atoms with Crippen LogP contribution in [0.1, 0.15) is 27.0 Å². The zero-order valence-electron chi connectivity index (χ0n) is 23.7. The first-order valence-corrected chi connectivity index (χ1v) is 16.1. The summed E-state index contributed by atoms with van der Waals surface area (Å²) in [6.45, 7) is -0.267. The van der Waals surface area contributed by atoms with Crippen molar-refractivity contribution in [3.63, 3.8) is 0 Å². The lowest BCUT2D eigenvalue weighted by Crippen LogP contribution is -2.52. The third-order valence-electron chi connectivity index (χ3n) is 6.91. The Bertz CT molecular complexity index is 1720. The summed E-state index contributed by atoms with van der Waals surface area (Å²) in [7, 11) is 0. The van der Waals surface area contributed by atoms with Crippen LogP contribution in [0.2, 0.25) is 0 Å². The molecule has 0 bridgehead atoms. The summed E-state index contributed by atoms with van der Waals surface area (Å²) in [5.74, 6) is -0.502. The molecule has 44 heavy (non-hydrogen) atoms. The van der Waals surface area contributed by atoms with Crippen LogP contribution in [0.3, 0.4) is 0 Å². The summed E-state index contributed by atoms with van der Waals surface area (Å²) in [5.41, 5.74) is 2.99. The Morgan fingerprint density at radius 2 is 1.93 bits per heavy atom. The normalized spacial score (nSPS) is 24.2. The Labute approximate surface area is 254 Å². The van der Waals surface area contributed by atoms with Crippen LogP contribution in [0.25, 0.3) is 21.9 Å². The summed E-state index contributed by atoms with van der Waals surface area (Å²) in [4.78, 5) is 24.4. The molecule has 6 atom stereocenters. The van der Waals surface area contributed by atoms with E-state index in [0.29, 0.717) is 0 Å². The van der Waals surface area contributed by atoms with Gasteiger partial charge < -0.3 is 29.4 Å². The van der Waals surface area contributed by atoms with Crippen LogP contribution in [-0.4, -0.2) is 73.6 Å². The highest BCUT2D eigenvalue weighted by Crippen LogP contribution is 2.50. The van der Waals surface area contributed by atoms with Crippen LogP contribution in [-0.2, 0) is 30.6 Å². The minimum absolute atomic E-state index is 0.00671. The Kier molecular flexibility index (Phi) is 9.12. The number of ether oxygens (including phenoxy) is 2. The van der Waals surface area contributed by atoms with Gasteiger partial charge in [-0.1, -0.05) is 30.3 Å². The van der Waals surface area contributed by atoms with Crippen molar-refractivity contribution in [1.29, 1.82) is 0 Å². The SMILES string of the molecule is CC(C)OC(=O)C(C)NP(=S)(OCC1(C(F)F)OC(n2cnc3c(N)ncnc32)C(F)C1O)Oc1ccc2ccccc2c1. The van der Waals surface area contributed by atoms with Gasteiger partial charge in [-0.2, -0.15) is 0 Å². The maximum Gasteiger partial charge on any atom is 0.323 e. The van der Waals surface area contributed by atoms with Crippen molar-refractivity contribution in [2.45, 2.75) is 63.4 Å². The van der Waals surface area contributed by atoms with E-state index in [1.807, 2.05) is 24.3 Å². The average Bonchev–Trinajstić information content (AvgIpc) is 3.51. The second-order valence-electron chi connectivity index (χ2n) is 10.4. The molecule has 1 aliphatic heterocycles. The first-order valence-electron chi connectivity index (χ1n) is 13.5. The molecule has 236 valence electrons. The molecule has 4 N–H and O–H groups in total. The zero-order valence-corrected chi connectivity index (χ0v) is 25.4. The standard InChI is InChI=1S/C27H30F3N6O6PS/c1-14(2)40-25(38)15(3)35-43(44,42-18-9-8-16-6-4-5-7-17(16)10-18)39-11-27(26(29)30)21(37)19(28)24(41-27)36-13-34-20-22(31)32-12-33-23(20)36/h4-10,12-15,19,21,24,26,37H,11H2,1-3H3,(H,35,44)(H2,31,32,33). The van der Waals surface area contributed by atoms with E-state index in [-0.39, 0.29) is 22.7 Å². The van der Waals surface area contributed by atoms with Gasteiger partial charge in [-0.15, -0.1) is 0 Å². The van der Waals surface area contributed by atoms with Crippen molar-refractivity contribution >= 4 is 52.2 Å². The highest BCUT2D eigenvalue weighted by Gasteiger charge is 2.62. The summed E-state index contributed by atoms with van der Waals surface area (Å²) in [6, 6.07) is 11.3. The molecule has 12 nitrogen and oxygen atoms in total. The fourth-order valence-electron chi connectivity index (χ4n) is 4.68. The quantitative estimate of drug-likeness (QED) is 0.158. The third-order valence-corrected chi connectivity index (χ3v) is 9.39. The fourth-order valence-corrected chi connectivity index (χ4v) is 7.09. The lowest BCUT2D eigenvalue weighted by molar-refractivity contribution is -0.191. The predicted octanol–water partition coefficient (Wildman–Crippen LogP) is 4.04. The number of nitrogen functional groups attached to an aromatic ring is 1. The Morgan fingerprint density at radius 3 is 2.64 bits per heavy atom. The number of hydrogen-bond donors (Lipinski definition) is 3. The van der Waals surface area contributed by atoms with Crippen molar-refractivity contribution in [3.05, 3.63) is 55.1 Å². The zero-order chi connectivity index (χ0) is 31.8. The van der Waals surface area contributed by atoms with Crippen molar-refractivity contribution in [1.82, 2.24) is 24.6 Å². The Morgan fingerprint density at radius 1 is 1.20 bits per heavy atom. The molecule has 3 heterocycles. The number of nitrogens with zero attached hydrogens (tertiary/aromatic N) is 4. The number of imidazole rings is 1. The number of nitrogens with one attached hydrogen (secondary N) is 1. The summed E-state index contributed by atoms with van der Waals surface area (Å²) in [5, 5.41) is 15.3. The lowest BCUT2D eigenvalue weighted by Gasteiger charge is -2.34. The maximum atomic E-state index is 15.6. The molecule has 1 saturated heterocycles. The molecule has 0 aliphatic carbocycles. The number of carbonyl (C=O) groups excluding carboxylic acids is 1. The number of fused-ring (bicyclic) bond motifs is 2. The number of carbonyl (C=O) groups is 1. The highest BCUT2D eigenvalue weighted by atomic mass is 32.5. The first kappa shape index (κ1) is 32.0. The van der Waals surface area contributed by atoms with Crippen molar-refractivity contribution in [3.8, 4) is 5.75 Å². The smallest absolute Gasteiger partial charge is 0.323 e. The van der Waals surface area contributed by atoms with E-state index in [1.165, 1.54) is 6.92 Å². The number of nitrogens with two attached hydrogens (primary N) is 1. The van der Waals surface area contributed by atoms with Gasteiger partial charge in [-0.05, 0) is 55.5 Å². The van der Waals surface area contributed by atoms with Crippen LogP contribution >= 0.6 is 6.64 Å². The van der Waals surface area contributed by atoms with Crippen molar-refractivity contribution in [2.75, 3.05) is 12.3 Å². The van der Waals surface area contributed by atoms with Gasteiger partial charge in [0.25, 0.3) is 6.43 Å². The van der Waals surface area contributed by atoms with Gasteiger partial charge >= 0.3 is 12.6 Å². The average molecular weight is 655 g/mol. The van der Waals surface area contributed by atoms with Crippen molar-refractivity contribution < 1.29 is 41.6 Å². The molecule has 0 spiro atoms. The topological polar surface area (TPSA) is 156 Å². The number of alkyl halides is 3. The first-order chi connectivity index (χ1) is 20.8. The summed E-state index contributed by atoms with van der Waals surface area (Å²) in [6.07, 6.45) is -8.25. The third kappa shape index (κ3) is 6.23. The number of halogens is 3. The second kappa shape index (κ2) is 12.5. The van der Waals surface area contributed by atoms with E-state index in [1.54, 1.807) is 32.0 Å². The number of aliphatic hydroxyl groups excluding tert-OH is 1. The molecular formula is C27H30F3N6O6PS. The highest BCUT2D eigenvalue weighted by molar-refractivity contribution is 8.09. The maximum absolute atomic E-state index is 15.6. The van der Waals surface area contributed by atoms with E-state index < -0.39 is 61.9 Å². The van der Waals surface area contributed by atoms with E-state index >= 15 is 4.39 Å². The molecule has 4 aromatic rings. The monoisotopic (exact) mass is 654 g/mol. The molecule has 1 aliphatic rings.